The van der Waals surface area contributed by atoms with Crippen molar-refractivity contribution in [1.29, 1.82) is 0 Å². The molecule has 0 bridgehead atoms. The molecule has 110 valence electrons. The molecular weight excluding hydrogens is 322 g/mol. The van der Waals surface area contributed by atoms with Crippen molar-refractivity contribution in [2.75, 3.05) is 19.7 Å². The van der Waals surface area contributed by atoms with Crippen LogP contribution in [0.5, 0.6) is 0 Å². The Labute approximate surface area is 128 Å². The predicted octanol–water partition coefficient (Wildman–Crippen LogP) is 3.25. The fourth-order valence-corrected chi connectivity index (χ4v) is 2.08. The van der Waals surface area contributed by atoms with Crippen molar-refractivity contribution in [2.45, 2.75) is 26.7 Å². The summed E-state index contributed by atoms with van der Waals surface area (Å²) < 4.78 is 5.82. The third kappa shape index (κ3) is 5.33. The molecule has 5 heteroatoms. The van der Waals surface area contributed by atoms with Crippen molar-refractivity contribution in [2.24, 2.45) is 0 Å². The van der Waals surface area contributed by atoms with Gasteiger partial charge in [0.05, 0.1) is 13.0 Å². The quantitative estimate of drug-likeness (QED) is 0.715. The minimum atomic E-state index is -0.266. The first kappa shape index (κ1) is 16.7. The summed E-state index contributed by atoms with van der Waals surface area (Å²) in [6.07, 6.45) is 1.08. The maximum Gasteiger partial charge on any atom is 0.307 e. The Morgan fingerprint density at radius 2 is 1.80 bits per heavy atom. The number of benzene rings is 1. The second-order valence-electron chi connectivity index (χ2n) is 4.35. The highest BCUT2D eigenvalue weighted by Crippen LogP contribution is 2.13. The number of carbonyl (C=O) groups excluding carboxylic acids is 2. The summed E-state index contributed by atoms with van der Waals surface area (Å²) in [6, 6.07) is 7.23. The second-order valence-corrected chi connectivity index (χ2v) is 5.27. The molecule has 0 saturated heterocycles. The summed E-state index contributed by atoms with van der Waals surface area (Å²) in [5.41, 5.74) is 0.630. The van der Waals surface area contributed by atoms with Crippen LogP contribution in [0, 0.1) is 0 Å². The van der Waals surface area contributed by atoms with Crippen LogP contribution < -0.4 is 0 Å². The standard InChI is InChI=1S/C15H20BrNO3/c1-3-10-17(11-9-14(18)20-4-2)15(19)12-5-7-13(16)8-6-12/h5-8H,3-4,9-11H2,1-2H3. The van der Waals surface area contributed by atoms with Crippen molar-refractivity contribution in [3.05, 3.63) is 34.3 Å². The Kier molecular flexibility index (Phi) is 7.30. The number of ether oxygens (including phenoxy) is 1. The monoisotopic (exact) mass is 341 g/mol. The predicted molar refractivity (Wildman–Crippen MR) is 81.6 cm³/mol. The van der Waals surface area contributed by atoms with Crippen LogP contribution in [0.3, 0.4) is 0 Å². The lowest BCUT2D eigenvalue weighted by Crippen LogP contribution is -2.34. The van der Waals surface area contributed by atoms with E-state index in [-0.39, 0.29) is 18.3 Å². The van der Waals surface area contributed by atoms with Crippen molar-refractivity contribution in [3.63, 3.8) is 0 Å². The van der Waals surface area contributed by atoms with Gasteiger partial charge in [0.2, 0.25) is 0 Å². The fourth-order valence-electron chi connectivity index (χ4n) is 1.82. The van der Waals surface area contributed by atoms with Gasteiger partial charge in [-0.1, -0.05) is 22.9 Å². The average Bonchev–Trinajstić information content (AvgIpc) is 2.44. The first-order valence-corrected chi connectivity index (χ1v) is 7.58. The van der Waals surface area contributed by atoms with Crippen LogP contribution in [0.4, 0.5) is 0 Å². The van der Waals surface area contributed by atoms with Crippen LogP contribution in [0.25, 0.3) is 0 Å². The van der Waals surface area contributed by atoms with Crippen LogP contribution in [-0.4, -0.2) is 36.5 Å². The maximum atomic E-state index is 12.4. The van der Waals surface area contributed by atoms with Gasteiger partial charge in [0.1, 0.15) is 0 Å². The highest BCUT2D eigenvalue weighted by atomic mass is 79.9. The lowest BCUT2D eigenvalue weighted by molar-refractivity contribution is -0.143. The van der Waals surface area contributed by atoms with E-state index < -0.39 is 0 Å². The largest absolute Gasteiger partial charge is 0.466 e. The molecule has 0 N–H and O–H groups in total. The van der Waals surface area contributed by atoms with Crippen LogP contribution in [0.2, 0.25) is 0 Å². The Hall–Kier alpha value is -1.36. The van der Waals surface area contributed by atoms with Gasteiger partial charge in [0, 0.05) is 23.1 Å². The van der Waals surface area contributed by atoms with E-state index >= 15 is 0 Å². The lowest BCUT2D eigenvalue weighted by atomic mass is 10.2. The Bertz CT molecular complexity index is 445. The van der Waals surface area contributed by atoms with Crippen LogP contribution in [0.1, 0.15) is 37.0 Å². The van der Waals surface area contributed by atoms with Gasteiger partial charge >= 0.3 is 5.97 Å². The smallest absolute Gasteiger partial charge is 0.307 e. The zero-order valence-corrected chi connectivity index (χ0v) is 13.5. The minimum Gasteiger partial charge on any atom is -0.466 e. The Balaban J connectivity index is 2.67. The Morgan fingerprint density at radius 1 is 1.15 bits per heavy atom. The fraction of sp³-hybridized carbons (Fsp3) is 0.467. The summed E-state index contributed by atoms with van der Waals surface area (Å²) in [4.78, 5) is 25.5. The van der Waals surface area contributed by atoms with Gasteiger partial charge in [0.25, 0.3) is 5.91 Å². The van der Waals surface area contributed by atoms with E-state index in [9.17, 15) is 9.59 Å². The molecule has 0 aliphatic carbocycles. The minimum absolute atomic E-state index is 0.0522. The zero-order chi connectivity index (χ0) is 15.0. The number of rotatable bonds is 7. The number of carbonyl (C=O) groups is 2. The molecule has 0 radical (unpaired) electrons. The van der Waals surface area contributed by atoms with E-state index in [1.54, 1.807) is 24.0 Å². The average molecular weight is 342 g/mol. The van der Waals surface area contributed by atoms with Crippen molar-refractivity contribution < 1.29 is 14.3 Å². The molecule has 0 unspecified atom stereocenters. The summed E-state index contributed by atoms with van der Waals surface area (Å²) >= 11 is 3.34. The molecule has 20 heavy (non-hydrogen) atoms. The van der Waals surface area contributed by atoms with E-state index in [0.717, 1.165) is 10.9 Å². The highest BCUT2D eigenvalue weighted by molar-refractivity contribution is 9.10. The molecule has 4 nitrogen and oxygen atoms in total. The van der Waals surface area contributed by atoms with Crippen LogP contribution in [0.15, 0.2) is 28.7 Å². The van der Waals surface area contributed by atoms with Gasteiger partial charge < -0.3 is 9.64 Å². The summed E-state index contributed by atoms with van der Waals surface area (Å²) in [6.45, 7) is 5.17. The van der Waals surface area contributed by atoms with Gasteiger partial charge in [-0.05, 0) is 37.6 Å². The van der Waals surface area contributed by atoms with Crippen molar-refractivity contribution >= 4 is 27.8 Å². The first-order valence-electron chi connectivity index (χ1n) is 6.79. The third-order valence-electron chi connectivity index (χ3n) is 2.76. The molecule has 1 rings (SSSR count). The number of esters is 1. The second kappa shape index (κ2) is 8.74. The molecule has 0 fully saturated rings. The maximum absolute atomic E-state index is 12.4. The lowest BCUT2D eigenvalue weighted by Gasteiger charge is -2.21. The van der Waals surface area contributed by atoms with Gasteiger partial charge in [-0.3, -0.25) is 9.59 Å². The van der Waals surface area contributed by atoms with E-state index in [1.165, 1.54) is 0 Å². The summed E-state index contributed by atoms with van der Waals surface area (Å²) in [5, 5.41) is 0. The number of hydrogen-bond acceptors (Lipinski definition) is 3. The molecule has 0 heterocycles. The normalized spacial score (nSPS) is 10.2. The van der Waals surface area contributed by atoms with Gasteiger partial charge in [-0.2, -0.15) is 0 Å². The zero-order valence-electron chi connectivity index (χ0n) is 11.9. The Morgan fingerprint density at radius 3 is 2.35 bits per heavy atom. The van der Waals surface area contributed by atoms with Crippen LogP contribution in [-0.2, 0) is 9.53 Å². The molecule has 0 aromatic heterocycles. The number of hydrogen-bond donors (Lipinski definition) is 0. The number of amides is 1. The molecule has 0 saturated carbocycles. The summed E-state index contributed by atoms with van der Waals surface area (Å²) in [7, 11) is 0. The van der Waals surface area contributed by atoms with Gasteiger partial charge in [-0.25, -0.2) is 0 Å². The highest BCUT2D eigenvalue weighted by Gasteiger charge is 2.16. The molecule has 1 aromatic rings. The molecule has 0 atom stereocenters. The van der Waals surface area contributed by atoms with Crippen molar-refractivity contribution in [3.8, 4) is 0 Å². The van der Waals surface area contributed by atoms with E-state index in [1.807, 2.05) is 19.1 Å². The summed E-state index contributed by atoms with van der Waals surface area (Å²) in [5.74, 6) is -0.319. The molecule has 1 amide bonds. The molecule has 0 aliphatic rings. The SMILES string of the molecule is CCCN(CCC(=O)OCC)C(=O)c1ccc(Br)cc1. The molecule has 0 spiro atoms. The molecular formula is C15H20BrNO3. The van der Waals surface area contributed by atoms with E-state index in [4.69, 9.17) is 4.74 Å². The number of nitrogens with zero attached hydrogens (tertiary/aromatic N) is 1. The van der Waals surface area contributed by atoms with Gasteiger partial charge in [0.15, 0.2) is 0 Å². The number of halogens is 1. The molecule has 1 aromatic carbocycles. The molecule has 0 aliphatic heterocycles. The first-order chi connectivity index (χ1) is 9.58. The van der Waals surface area contributed by atoms with E-state index in [0.29, 0.717) is 25.3 Å². The van der Waals surface area contributed by atoms with E-state index in [2.05, 4.69) is 15.9 Å². The topological polar surface area (TPSA) is 46.6 Å². The van der Waals surface area contributed by atoms with Crippen LogP contribution >= 0.6 is 15.9 Å². The van der Waals surface area contributed by atoms with Crippen molar-refractivity contribution in [1.82, 2.24) is 4.90 Å². The van der Waals surface area contributed by atoms with Gasteiger partial charge in [-0.15, -0.1) is 0 Å². The third-order valence-corrected chi connectivity index (χ3v) is 3.29.